The largest absolute Gasteiger partial charge is 0.451 e. The smallest absolute Gasteiger partial charge is 0.291 e. The van der Waals surface area contributed by atoms with Crippen molar-refractivity contribution in [3.63, 3.8) is 0 Å². The van der Waals surface area contributed by atoms with Gasteiger partial charge in [0.25, 0.3) is 11.8 Å². The molecule has 0 atom stereocenters. The molecule has 2 heterocycles. The van der Waals surface area contributed by atoms with Crippen LogP contribution in [0.2, 0.25) is 5.02 Å². The van der Waals surface area contributed by atoms with Crippen LogP contribution in [0, 0.1) is 6.92 Å². The van der Waals surface area contributed by atoms with E-state index in [1.807, 2.05) is 66.4 Å². The van der Waals surface area contributed by atoms with E-state index in [9.17, 15) is 9.59 Å². The van der Waals surface area contributed by atoms with Crippen molar-refractivity contribution in [2.24, 2.45) is 0 Å². The second kappa shape index (κ2) is 9.23. The molecule has 7 heteroatoms. The number of carbonyl (C=O) groups excluding carboxylic acids is 2. The Morgan fingerprint density at radius 2 is 1.65 bits per heavy atom. The Morgan fingerprint density at radius 3 is 2.38 bits per heavy atom. The van der Waals surface area contributed by atoms with E-state index in [4.69, 9.17) is 16.0 Å². The van der Waals surface area contributed by atoms with Gasteiger partial charge in [-0.15, -0.1) is 0 Å². The maximum Gasteiger partial charge on any atom is 0.291 e. The van der Waals surface area contributed by atoms with Crippen molar-refractivity contribution in [3.8, 4) is 0 Å². The highest BCUT2D eigenvalue weighted by Gasteiger charge is 2.25. The van der Waals surface area contributed by atoms with Crippen molar-refractivity contribution < 1.29 is 14.0 Å². The van der Waals surface area contributed by atoms with Crippen LogP contribution in [0.4, 0.5) is 11.4 Å². The van der Waals surface area contributed by atoms with Gasteiger partial charge in [0.05, 0.1) is 16.4 Å². The molecule has 1 saturated heterocycles. The Balaban J connectivity index is 1.31. The molecule has 0 saturated carbocycles. The van der Waals surface area contributed by atoms with Crippen molar-refractivity contribution in [2.75, 3.05) is 36.4 Å². The number of piperazine rings is 1. The third kappa shape index (κ3) is 4.37. The van der Waals surface area contributed by atoms with Gasteiger partial charge in [-0.2, -0.15) is 0 Å². The third-order valence-electron chi connectivity index (χ3n) is 6.07. The van der Waals surface area contributed by atoms with Gasteiger partial charge in [0.1, 0.15) is 5.58 Å². The van der Waals surface area contributed by atoms with Crippen LogP contribution >= 0.6 is 11.6 Å². The van der Waals surface area contributed by atoms with Crippen LogP contribution in [0.15, 0.2) is 77.2 Å². The second-order valence-electron chi connectivity index (χ2n) is 8.38. The number of carbonyl (C=O) groups is 2. The number of benzene rings is 3. The van der Waals surface area contributed by atoms with E-state index in [1.165, 1.54) is 0 Å². The Bertz CT molecular complexity index is 1320. The SMILES string of the molecule is Cc1ccc(C(=O)N2CCN(c3c(Cl)cccc3NC(=O)c3cc4ccccc4o3)CC2)cc1. The van der Waals surface area contributed by atoms with E-state index in [1.54, 1.807) is 18.2 Å². The third-order valence-corrected chi connectivity index (χ3v) is 6.37. The average Bonchev–Trinajstić information content (AvgIpc) is 3.29. The summed E-state index contributed by atoms with van der Waals surface area (Å²) in [4.78, 5) is 29.8. The summed E-state index contributed by atoms with van der Waals surface area (Å²) in [7, 11) is 0. The fourth-order valence-electron chi connectivity index (χ4n) is 4.23. The predicted octanol–water partition coefficient (Wildman–Crippen LogP) is 5.61. The van der Waals surface area contributed by atoms with E-state index >= 15 is 0 Å². The molecule has 34 heavy (non-hydrogen) atoms. The van der Waals surface area contributed by atoms with Gasteiger partial charge in [-0.3, -0.25) is 9.59 Å². The number of amides is 2. The van der Waals surface area contributed by atoms with Gasteiger partial charge in [0.15, 0.2) is 5.76 Å². The number of nitrogens with one attached hydrogen (secondary N) is 1. The summed E-state index contributed by atoms with van der Waals surface area (Å²) in [6.45, 7) is 4.34. The number of hydrogen-bond donors (Lipinski definition) is 1. The zero-order chi connectivity index (χ0) is 23.7. The molecule has 6 nitrogen and oxygen atoms in total. The van der Waals surface area contributed by atoms with Crippen LogP contribution in [0.1, 0.15) is 26.5 Å². The zero-order valence-electron chi connectivity index (χ0n) is 18.8. The summed E-state index contributed by atoms with van der Waals surface area (Å²) >= 11 is 6.57. The minimum atomic E-state index is -0.340. The number of aryl methyl sites for hydroxylation is 1. The lowest BCUT2D eigenvalue weighted by molar-refractivity contribution is 0.0746. The fraction of sp³-hybridized carbons (Fsp3) is 0.185. The molecule has 1 aromatic heterocycles. The highest BCUT2D eigenvalue weighted by molar-refractivity contribution is 6.34. The Kier molecular flexibility index (Phi) is 5.99. The number of nitrogens with zero attached hydrogens (tertiary/aromatic N) is 2. The molecule has 1 N–H and O–H groups in total. The number of para-hydroxylation sites is 2. The van der Waals surface area contributed by atoms with Gasteiger partial charge < -0.3 is 19.5 Å². The van der Waals surface area contributed by atoms with E-state index < -0.39 is 0 Å². The van der Waals surface area contributed by atoms with Gasteiger partial charge in [-0.1, -0.05) is 53.6 Å². The highest BCUT2D eigenvalue weighted by Crippen LogP contribution is 2.35. The number of anilines is 2. The molecular formula is C27H24ClN3O3. The van der Waals surface area contributed by atoms with Crippen LogP contribution in [-0.4, -0.2) is 42.9 Å². The predicted molar refractivity (Wildman–Crippen MR) is 135 cm³/mol. The lowest BCUT2D eigenvalue weighted by Crippen LogP contribution is -2.49. The molecule has 0 aliphatic carbocycles. The molecule has 0 bridgehead atoms. The first-order valence-corrected chi connectivity index (χ1v) is 11.6. The number of halogens is 1. The molecule has 172 valence electrons. The number of furan rings is 1. The lowest BCUT2D eigenvalue weighted by atomic mass is 10.1. The molecule has 1 aliphatic heterocycles. The molecule has 4 aromatic rings. The maximum absolute atomic E-state index is 12.9. The lowest BCUT2D eigenvalue weighted by Gasteiger charge is -2.37. The first-order valence-electron chi connectivity index (χ1n) is 11.2. The Morgan fingerprint density at radius 1 is 0.912 bits per heavy atom. The van der Waals surface area contributed by atoms with E-state index in [2.05, 4.69) is 10.2 Å². The molecular weight excluding hydrogens is 450 g/mol. The number of fused-ring (bicyclic) bond motifs is 1. The highest BCUT2D eigenvalue weighted by atomic mass is 35.5. The van der Waals surface area contributed by atoms with Gasteiger partial charge in [0.2, 0.25) is 0 Å². The summed E-state index contributed by atoms with van der Waals surface area (Å²) in [6, 6.07) is 22.3. The molecule has 0 spiro atoms. The normalized spacial score (nSPS) is 13.8. The molecule has 5 rings (SSSR count). The topological polar surface area (TPSA) is 65.8 Å². The van der Waals surface area contributed by atoms with Crippen LogP contribution < -0.4 is 10.2 Å². The van der Waals surface area contributed by atoms with Gasteiger partial charge in [-0.05, 0) is 43.3 Å². The van der Waals surface area contributed by atoms with Crippen molar-refractivity contribution in [1.82, 2.24) is 4.90 Å². The van der Waals surface area contributed by atoms with Crippen LogP contribution in [0.5, 0.6) is 0 Å². The Hall–Kier alpha value is -3.77. The first-order chi connectivity index (χ1) is 16.5. The molecule has 0 radical (unpaired) electrons. The zero-order valence-corrected chi connectivity index (χ0v) is 19.5. The molecule has 3 aromatic carbocycles. The van der Waals surface area contributed by atoms with E-state index in [0.29, 0.717) is 48.0 Å². The molecule has 1 fully saturated rings. The molecule has 0 unspecified atom stereocenters. The summed E-state index contributed by atoms with van der Waals surface area (Å²) in [5, 5.41) is 4.36. The Labute approximate surface area is 202 Å². The minimum Gasteiger partial charge on any atom is -0.451 e. The quantitative estimate of drug-likeness (QED) is 0.418. The van der Waals surface area contributed by atoms with Gasteiger partial charge in [-0.25, -0.2) is 0 Å². The van der Waals surface area contributed by atoms with Gasteiger partial charge in [0, 0.05) is 37.1 Å². The molecule has 2 amide bonds. The standard InChI is InChI=1S/C27H24ClN3O3/c1-18-9-11-19(12-10-18)27(33)31-15-13-30(14-16-31)25-21(28)6-4-7-22(25)29-26(32)24-17-20-5-2-3-8-23(20)34-24/h2-12,17H,13-16H2,1H3,(H,29,32). The summed E-state index contributed by atoms with van der Waals surface area (Å²) in [5.74, 6) is -0.0780. The molecule has 1 aliphatic rings. The van der Waals surface area contributed by atoms with Crippen molar-refractivity contribution in [3.05, 3.63) is 94.7 Å². The maximum atomic E-state index is 12.9. The summed E-state index contributed by atoms with van der Waals surface area (Å²) in [6.07, 6.45) is 0. The second-order valence-corrected chi connectivity index (χ2v) is 8.79. The van der Waals surface area contributed by atoms with Gasteiger partial charge >= 0.3 is 0 Å². The monoisotopic (exact) mass is 473 g/mol. The number of hydrogen-bond acceptors (Lipinski definition) is 4. The number of rotatable bonds is 4. The van der Waals surface area contributed by atoms with Crippen molar-refractivity contribution >= 4 is 45.8 Å². The van der Waals surface area contributed by atoms with Crippen LogP contribution in [0.25, 0.3) is 11.0 Å². The van der Waals surface area contributed by atoms with Crippen LogP contribution in [0.3, 0.4) is 0 Å². The minimum absolute atomic E-state index is 0.0252. The van der Waals surface area contributed by atoms with E-state index in [-0.39, 0.29) is 17.6 Å². The fourth-order valence-corrected chi connectivity index (χ4v) is 4.52. The average molecular weight is 474 g/mol. The van der Waals surface area contributed by atoms with Crippen molar-refractivity contribution in [1.29, 1.82) is 0 Å². The summed E-state index contributed by atoms with van der Waals surface area (Å²) in [5.41, 5.74) is 3.83. The first kappa shape index (κ1) is 22.0. The van der Waals surface area contributed by atoms with E-state index in [0.717, 1.165) is 16.6 Å². The van der Waals surface area contributed by atoms with Crippen LogP contribution in [-0.2, 0) is 0 Å². The summed E-state index contributed by atoms with van der Waals surface area (Å²) < 4.78 is 5.70. The van der Waals surface area contributed by atoms with Crippen molar-refractivity contribution in [2.45, 2.75) is 6.92 Å².